The molecule has 4 heteroatoms. The van der Waals surface area contributed by atoms with Gasteiger partial charge in [0.2, 0.25) is 0 Å². The second-order valence-corrected chi connectivity index (χ2v) is 6.45. The van der Waals surface area contributed by atoms with Crippen molar-refractivity contribution in [1.29, 1.82) is 0 Å². The van der Waals surface area contributed by atoms with Gasteiger partial charge >= 0.3 is 0 Å². The van der Waals surface area contributed by atoms with Gasteiger partial charge in [-0.2, -0.15) is 0 Å². The first-order valence-corrected chi connectivity index (χ1v) is 9.63. The van der Waals surface area contributed by atoms with Gasteiger partial charge in [-0.05, 0) is 12.8 Å². The van der Waals surface area contributed by atoms with Crippen LogP contribution in [0.25, 0.3) is 0 Å². The van der Waals surface area contributed by atoms with E-state index in [9.17, 15) is 0 Å². The first-order valence-electron chi connectivity index (χ1n) is 9.63. The third-order valence-electron chi connectivity index (χ3n) is 4.16. The van der Waals surface area contributed by atoms with Crippen LogP contribution in [0.2, 0.25) is 0 Å². The monoisotopic (exact) mass is 336 g/mol. The Bertz CT molecular complexity index is 409. The smallest absolute Gasteiger partial charge is 0.163 e. The molecule has 0 heterocycles. The van der Waals surface area contributed by atoms with Crippen LogP contribution in [0.15, 0.2) is 12.1 Å². The van der Waals surface area contributed by atoms with Crippen molar-refractivity contribution in [3.05, 3.63) is 12.1 Å². The highest BCUT2D eigenvalue weighted by molar-refractivity contribution is 5.69. The number of nitrogen functional groups attached to an aromatic ring is 2. The molecule has 0 bridgehead atoms. The second-order valence-electron chi connectivity index (χ2n) is 6.45. The molecule has 4 nitrogen and oxygen atoms in total. The Morgan fingerprint density at radius 3 is 1.38 bits per heavy atom. The van der Waals surface area contributed by atoms with E-state index in [0.29, 0.717) is 36.1 Å². The maximum Gasteiger partial charge on any atom is 0.163 e. The summed E-state index contributed by atoms with van der Waals surface area (Å²) in [6.07, 6.45) is 12.1. The molecule has 1 rings (SSSR count). The van der Waals surface area contributed by atoms with E-state index in [0.717, 1.165) is 12.8 Å². The molecule has 24 heavy (non-hydrogen) atoms. The Kier molecular flexibility index (Phi) is 10.9. The van der Waals surface area contributed by atoms with Crippen molar-refractivity contribution >= 4 is 11.4 Å². The summed E-state index contributed by atoms with van der Waals surface area (Å²) in [5.41, 5.74) is 12.9. The van der Waals surface area contributed by atoms with E-state index >= 15 is 0 Å². The standard InChI is InChI=1S/C20H36N2O2/c1-3-5-7-9-11-13-23-19-15-17(21)18(22)16-20(19)24-14-12-10-8-6-4-2/h15-16H,3-14,21-22H2,1-2H3. The van der Waals surface area contributed by atoms with E-state index in [1.54, 1.807) is 12.1 Å². The van der Waals surface area contributed by atoms with Crippen molar-refractivity contribution in [2.24, 2.45) is 0 Å². The third kappa shape index (κ3) is 8.32. The average molecular weight is 337 g/mol. The molecule has 0 saturated carbocycles. The first-order chi connectivity index (χ1) is 11.7. The van der Waals surface area contributed by atoms with E-state index in [4.69, 9.17) is 20.9 Å². The van der Waals surface area contributed by atoms with Crippen LogP contribution in [0, 0.1) is 0 Å². The van der Waals surface area contributed by atoms with E-state index in [1.165, 1.54) is 51.4 Å². The average Bonchev–Trinajstić information content (AvgIpc) is 2.57. The summed E-state index contributed by atoms with van der Waals surface area (Å²) in [4.78, 5) is 0. The summed E-state index contributed by atoms with van der Waals surface area (Å²) in [6.45, 7) is 5.83. The zero-order chi connectivity index (χ0) is 17.6. The fourth-order valence-corrected chi connectivity index (χ4v) is 2.59. The van der Waals surface area contributed by atoms with Crippen LogP contribution < -0.4 is 20.9 Å². The van der Waals surface area contributed by atoms with Crippen LogP contribution in [0.5, 0.6) is 11.5 Å². The third-order valence-corrected chi connectivity index (χ3v) is 4.16. The molecule has 0 atom stereocenters. The van der Waals surface area contributed by atoms with Crippen molar-refractivity contribution in [3.63, 3.8) is 0 Å². The number of benzene rings is 1. The molecule has 0 aromatic heterocycles. The van der Waals surface area contributed by atoms with Gasteiger partial charge in [0.15, 0.2) is 11.5 Å². The Balaban J connectivity index is 2.42. The minimum absolute atomic E-state index is 0.547. The largest absolute Gasteiger partial charge is 0.490 e. The van der Waals surface area contributed by atoms with Gasteiger partial charge in [0.05, 0.1) is 24.6 Å². The Labute approximate surface area is 147 Å². The lowest BCUT2D eigenvalue weighted by atomic mass is 10.1. The molecule has 0 saturated heterocycles. The van der Waals surface area contributed by atoms with Gasteiger partial charge in [-0.1, -0.05) is 65.2 Å². The lowest BCUT2D eigenvalue weighted by Crippen LogP contribution is -2.05. The van der Waals surface area contributed by atoms with Crippen LogP contribution in [0.3, 0.4) is 0 Å². The summed E-state index contributed by atoms with van der Waals surface area (Å²) in [5.74, 6) is 1.43. The van der Waals surface area contributed by atoms with Gasteiger partial charge in [-0.15, -0.1) is 0 Å². The topological polar surface area (TPSA) is 70.5 Å². The molecule has 0 aliphatic rings. The molecular weight excluding hydrogens is 300 g/mol. The number of ether oxygens (including phenoxy) is 2. The Morgan fingerprint density at radius 2 is 1.00 bits per heavy atom. The maximum absolute atomic E-state index is 5.91. The molecule has 138 valence electrons. The van der Waals surface area contributed by atoms with Crippen molar-refractivity contribution < 1.29 is 9.47 Å². The van der Waals surface area contributed by atoms with Gasteiger partial charge in [-0.25, -0.2) is 0 Å². The molecule has 0 radical (unpaired) electrons. The summed E-state index contributed by atoms with van der Waals surface area (Å²) in [6, 6.07) is 3.57. The van der Waals surface area contributed by atoms with Gasteiger partial charge in [0.25, 0.3) is 0 Å². The van der Waals surface area contributed by atoms with Gasteiger partial charge < -0.3 is 20.9 Å². The van der Waals surface area contributed by atoms with E-state index in [2.05, 4.69) is 13.8 Å². The zero-order valence-corrected chi connectivity index (χ0v) is 15.6. The molecule has 4 N–H and O–H groups in total. The first kappa shape index (κ1) is 20.5. The van der Waals surface area contributed by atoms with Gasteiger partial charge in [-0.3, -0.25) is 0 Å². The van der Waals surface area contributed by atoms with Crippen LogP contribution in [0.1, 0.15) is 78.1 Å². The Morgan fingerprint density at radius 1 is 0.625 bits per heavy atom. The minimum Gasteiger partial charge on any atom is -0.490 e. The number of hydrogen-bond donors (Lipinski definition) is 2. The molecular formula is C20H36N2O2. The number of anilines is 2. The zero-order valence-electron chi connectivity index (χ0n) is 15.6. The molecule has 1 aromatic rings. The molecule has 0 amide bonds. The second kappa shape index (κ2) is 12.8. The van der Waals surface area contributed by atoms with Crippen molar-refractivity contribution in [3.8, 4) is 11.5 Å². The fraction of sp³-hybridized carbons (Fsp3) is 0.700. The normalized spacial score (nSPS) is 10.8. The molecule has 0 spiro atoms. The van der Waals surface area contributed by atoms with Crippen molar-refractivity contribution in [1.82, 2.24) is 0 Å². The number of nitrogens with two attached hydrogens (primary N) is 2. The highest BCUT2D eigenvalue weighted by atomic mass is 16.5. The molecule has 0 unspecified atom stereocenters. The minimum atomic E-state index is 0.547. The lowest BCUT2D eigenvalue weighted by molar-refractivity contribution is 0.259. The van der Waals surface area contributed by atoms with Gasteiger partial charge in [0.1, 0.15) is 0 Å². The number of rotatable bonds is 14. The summed E-state index contributed by atoms with van der Waals surface area (Å²) >= 11 is 0. The quantitative estimate of drug-likeness (QED) is 0.345. The summed E-state index contributed by atoms with van der Waals surface area (Å²) < 4.78 is 11.8. The summed E-state index contributed by atoms with van der Waals surface area (Å²) in [5, 5.41) is 0. The van der Waals surface area contributed by atoms with Crippen molar-refractivity contribution in [2.75, 3.05) is 24.7 Å². The molecule has 0 aliphatic heterocycles. The van der Waals surface area contributed by atoms with Crippen LogP contribution in [-0.4, -0.2) is 13.2 Å². The predicted molar refractivity (Wildman–Crippen MR) is 104 cm³/mol. The van der Waals surface area contributed by atoms with Gasteiger partial charge in [0, 0.05) is 12.1 Å². The molecule has 0 fully saturated rings. The predicted octanol–water partition coefficient (Wildman–Crippen LogP) is 5.55. The van der Waals surface area contributed by atoms with E-state index in [1.807, 2.05) is 0 Å². The summed E-state index contributed by atoms with van der Waals surface area (Å²) in [7, 11) is 0. The molecule has 1 aromatic carbocycles. The number of hydrogen-bond acceptors (Lipinski definition) is 4. The van der Waals surface area contributed by atoms with Crippen molar-refractivity contribution in [2.45, 2.75) is 78.1 Å². The SMILES string of the molecule is CCCCCCCOc1cc(N)c(N)cc1OCCCCCCC. The fourth-order valence-electron chi connectivity index (χ4n) is 2.59. The Hall–Kier alpha value is -1.58. The van der Waals surface area contributed by atoms with Crippen LogP contribution >= 0.6 is 0 Å². The maximum atomic E-state index is 5.91. The lowest BCUT2D eigenvalue weighted by Gasteiger charge is -2.15. The molecule has 0 aliphatic carbocycles. The van der Waals surface area contributed by atoms with E-state index in [-0.39, 0.29) is 0 Å². The highest BCUT2D eigenvalue weighted by Crippen LogP contribution is 2.34. The van der Waals surface area contributed by atoms with E-state index < -0.39 is 0 Å². The van der Waals surface area contributed by atoms with Crippen LogP contribution in [0.4, 0.5) is 11.4 Å². The highest BCUT2D eigenvalue weighted by Gasteiger charge is 2.09. The number of unbranched alkanes of at least 4 members (excludes halogenated alkanes) is 8. The van der Waals surface area contributed by atoms with Crippen LogP contribution in [-0.2, 0) is 0 Å².